The molecule has 6 heteroatoms. The Labute approximate surface area is 229 Å². The van der Waals surface area contributed by atoms with E-state index < -0.39 is 0 Å². The Morgan fingerprint density at radius 1 is 0.921 bits per heavy atom. The lowest BCUT2D eigenvalue weighted by Crippen LogP contribution is -2.25. The predicted molar refractivity (Wildman–Crippen MR) is 157 cm³/mol. The van der Waals surface area contributed by atoms with E-state index in [9.17, 15) is 4.79 Å². The van der Waals surface area contributed by atoms with Gasteiger partial charge in [-0.1, -0.05) is 77.7 Å². The largest absolute Gasteiger partial charge is 0.489 e. The van der Waals surface area contributed by atoms with Crippen LogP contribution in [0.25, 0.3) is 21.7 Å². The fourth-order valence-corrected chi connectivity index (χ4v) is 5.62. The zero-order chi connectivity index (χ0) is 25.9. The fraction of sp³-hybridized carbons (Fsp3) is 0.219. The van der Waals surface area contributed by atoms with E-state index >= 15 is 0 Å². The number of hydrogen-bond donors (Lipinski definition) is 0. The lowest BCUT2D eigenvalue weighted by atomic mass is 9.88. The molecule has 0 spiro atoms. The van der Waals surface area contributed by atoms with E-state index in [0.29, 0.717) is 12.0 Å². The van der Waals surface area contributed by atoms with Crippen molar-refractivity contribution in [2.75, 3.05) is 0 Å². The van der Waals surface area contributed by atoms with Crippen LogP contribution in [0.1, 0.15) is 55.0 Å². The van der Waals surface area contributed by atoms with Gasteiger partial charge in [-0.05, 0) is 77.2 Å². The molecule has 1 aromatic heterocycles. The van der Waals surface area contributed by atoms with Crippen LogP contribution < -0.4 is 10.3 Å². The standard InChI is InChI=1S/C32H28BrN3O2/c33-26-15-18-30-29(19-26)32(37)36(31(35-30)24-8-2-1-3-9-24)34-20-22-13-16-27(17-14-22)38-21-25-11-6-10-23-7-4-5-12-28(23)25/h4-7,10-20,24H,1-3,8-9,21H2. The predicted octanol–water partition coefficient (Wildman–Crippen LogP) is 7.82. The van der Waals surface area contributed by atoms with Crippen LogP contribution in [0.2, 0.25) is 0 Å². The normalized spacial score (nSPS) is 14.4. The average molecular weight is 566 g/mol. The van der Waals surface area contributed by atoms with Gasteiger partial charge in [-0.15, -0.1) is 0 Å². The minimum absolute atomic E-state index is 0.136. The van der Waals surface area contributed by atoms with Crippen LogP contribution >= 0.6 is 15.9 Å². The van der Waals surface area contributed by atoms with Crippen LogP contribution in [-0.2, 0) is 6.61 Å². The molecule has 0 radical (unpaired) electrons. The molecule has 38 heavy (non-hydrogen) atoms. The zero-order valence-corrected chi connectivity index (χ0v) is 22.6. The number of hydrogen-bond acceptors (Lipinski definition) is 4. The number of nitrogens with zero attached hydrogens (tertiary/aromatic N) is 3. The van der Waals surface area contributed by atoms with Crippen LogP contribution in [0.3, 0.4) is 0 Å². The van der Waals surface area contributed by atoms with Gasteiger partial charge in [-0.25, -0.2) is 4.98 Å². The number of fused-ring (bicyclic) bond motifs is 2. The Balaban J connectivity index is 1.25. The van der Waals surface area contributed by atoms with Crippen molar-refractivity contribution in [3.05, 3.63) is 117 Å². The first-order valence-corrected chi connectivity index (χ1v) is 13.9. The van der Waals surface area contributed by atoms with Gasteiger partial charge in [0.1, 0.15) is 18.2 Å². The quantitative estimate of drug-likeness (QED) is 0.197. The second-order valence-corrected chi connectivity index (χ2v) is 10.7. The summed E-state index contributed by atoms with van der Waals surface area (Å²) in [6.45, 7) is 0.493. The third kappa shape index (κ3) is 5.14. The summed E-state index contributed by atoms with van der Waals surface area (Å²) >= 11 is 3.48. The molecule has 4 aromatic carbocycles. The molecule has 0 bridgehead atoms. The van der Waals surface area contributed by atoms with E-state index in [4.69, 9.17) is 9.72 Å². The first kappa shape index (κ1) is 24.6. The Morgan fingerprint density at radius 2 is 1.71 bits per heavy atom. The van der Waals surface area contributed by atoms with Gasteiger partial charge in [0, 0.05) is 10.4 Å². The van der Waals surface area contributed by atoms with Gasteiger partial charge < -0.3 is 4.74 Å². The summed E-state index contributed by atoms with van der Waals surface area (Å²) in [7, 11) is 0. The maximum absolute atomic E-state index is 13.5. The molecule has 5 aromatic rings. The van der Waals surface area contributed by atoms with Gasteiger partial charge >= 0.3 is 0 Å². The molecule has 1 saturated carbocycles. The zero-order valence-electron chi connectivity index (χ0n) is 21.0. The van der Waals surface area contributed by atoms with Crippen molar-refractivity contribution in [3.8, 4) is 5.75 Å². The van der Waals surface area contributed by atoms with Gasteiger partial charge in [0.25, 0.3) is 5.56 Å². The highest BCUT2D eigenvalue weighted by molar-refractivity contribution is 9.10. The van der Waals surface area contributed by atoms with E-state index in [1.807, 2.05) is 48.5 Å². The molecule has 1 fully saturated rings. The van der Waals surface area contributed by atoms with Gasteiger partial charge in [0.05, 0.1) is 17.1 Å². The average Bonchev–Trinajstić information content (AvgIpc) is 2.97. The molecule has 0 atom stereocenters. The van der Waals surface area contributed by atoms with Crippen molar-refractivity contribution in [2.24, 2.45) is 5.10 Å². The molecule has 0 unspecified atom stereocenters. The number of halogens is 1. The number of benzene rings is 4. The summed E-state index contributed by atoms with van der Waals surface area (Å²) < 4.78 is 8.44. The second-order valence-electron chi connectivity index (χ2n) is 9.82. The molecule has 0 N–H and O–H groups in total. The van der Waals surface area contributed by atoms with E-state index in [0.717, 1.165) is 58.4 Å². The first-order valence-electron chi connectivity index (χ1n) is 13.1. The molecule has 0 amide bonds. The second kappa shape index (κ2) is 10.9. The molecular weight excluding hydrogens is 538 g/mol. The molecule has 0 saturated heterocycles. The maximum atomic E-state index is 13.5. The van der Waals surface area contributed by atoms with Gasteiger partial charge in [-0.2, -0.15) is 9.78 Å². The third-order valence-corrected chi connectivity index (χ3v) is 7.77. The van der Waals surface area contributed by atoms with Gasteiger partial charge in [0.2, 0.25) is 0 Å². The lowest BCUT2D eigenvalue weighted by Gasteiger charge is -2.22. The minimum atomic E-state index is -0.136. The summed E-state index contributed by atoms with van der Waals surface area (Å²) in [6.07, 6.45) is 7.35. The van der Waals surface area contributed by atoms with Crippen molar-refractivity contribution >= 4 is 43.8 Å². The summed E-state index contributed by atoms with van der Waals surface area (Å²) in [6, 6.07) is 28.0. The Kier molecular flexibility index (Phi) is 7.06. The summed E-state index contributed by atoms with van der Waals surface area (Å²) in [5.41, 5.74) is 2.62. The molecule has 190 valence electrons. The van der Waals surface area contributed by atoms with Crippen molar-refractivity contribution in [1.29, 1.82) is 0 Å². The highest BCUT2D eigenvalue weighted by Gasteiger charge is 2.22. The molecule has 6 rings (SSSR count). The third-order valence-electron chi connectivity index (χ3n) is 7.28. The molecule has 1 heterocycles. The lowest BCUT2D eigenvalue weighted by molar-refractivity contribution is 0.307. The first-order chi connectivity index (χ1) is 18.7. The Morgan fingerprint density at radius 3 is 2.55 bits per heavy atom. The van der Waals surface area contributed by atoms with Crippen LogP contribution in [0.4, 0.5) is 0 Å². The Bertz CT molecular complexity index is 1680. The van der Waals surface area contributed by atoms with E-state index in [1.165, 1.54) is 21.9 Å². The minimum Gasteiger partial charge on any atom is -0.489 e. The Hall–Kier alpha value is -3.77. The van der Waals surface area contributed by atoms with Crippen LogP contribution in [0.15, 0.2) is 99.3 Å². The van der Waals surface area contributed by atoms with Crippen molar-refractivity contribution in [1.82, 2.24) is 9.66 Å². The molecule has 0 aliphatic heterocycles. The van der Waals surface area contributed by atoms with E-state index in [2.05, 4.69) is 57.4 Å². The SMILES string of the molecule is O=c1c2cc(Br)ccc2nc(C2CCCCC2)n1N=Cc1ccc(OCc2cccc3ccccc23)cc1. The van der Waals surface area contributed by atoms with Crippen LogP contribution in [-0.4, -0.2) is 15.9 Å². The van der Waals surface area contributed by atoms with Crippen LogP contribution in [0.5, 0.6) is 5.75 Å². The van der Waals surface area contributed by atoms with E-state index in [1.54, 1.807) is 6.21 Å². The highest BCUT2D eigenvalue weighted by atomic mass is 79.9. The molecule has 5 nitrogen and oxygen atoms in total. The number of aromatic nitrogens is 2. The molecule has 1 aliphatic rings. The number of rotatable bonds is 6. The monoisotopic (exact) mass is 565 g/mol. The molecular formula is C32H28BrN3O2. The maximum Gasteiger partial charge on any atom is 0.282 e. The summed E-state index contributed by atoms with van der Waals surface area (Å²) in [4.78, 5) is 18.4. The summed E-state index contributed by atoms with van der Waals surface area (Å²) in [5.74, 6) is 1.79. The van der Waals surface area contributed by atoms with Crippen molar-refractivity contribution in [2.45, 2.75) is 44.6 Å². The van der Waals surface area contributed by atoms with Gasteiger partial charge in [0.15, 0.2) is 0 Å². The van der Waals surface area contributed by atoms with Crippen LogP contribution in [0, 0.1) is 0 Å². The molecule has 1 aliphatic carbocycles. The number of ether oxygens (including phenoxy) is 1. The smallest absolute Gasteiger partial charge is 0.282 e. The highest BCUT2D eigenvalue weighted by Crippen LogP contribution is 2.32. The van der Waals surface area contributed by atoms with Crippen molar-refractivity contribution in [3.63, 3.8) is 0 Å². The van der Waals surface area contributed by atoms with Crippen molar-refractivity contribution < 1.29 is 4.74 Å². The fourth-order valence-electron chi connectivity index (χ4n) is 5.26. The van der Waals surface area contributed by atoms with E-state index in [-0.39, 0.29) is 11.5 Å². The summed E-state index contributed by atoms with van der Waals surface area (Å²) in [5, 5.41) is 7.62. The topological polar surface area (TPSA) is 56.5 Å². The van der Waals surface area contributed by atoms with Gasteiger partial charge in [-0.3, -0.25) is 4.79 Å².